The molecule has 0 spiro atoms. The third-order valence-corrected chi connectivity index (χ3v) is 3.89. The first-order chi connectivity index (χ1) is 9.81. The van der Waals surface area contributed by atoms with Gasteiger partial charge in [0, 0.05) is 18.0 Å². The van der Waals surface area contributed by atoms with Gasteiger partial charge in [-0.05, 0) is 46.3 Å². The van der Waals surface area contributed by atoms with Gasteiger partial charge in [0.15, 0.2) is 17.1 Å². The molecule has 1 aromatic carbocycles. The van der Waals surface area contributed by atoms with Crippen molar-refractivity contribution in [2.45, 2.75) is 0 Å². The summed E-state index contributed by atoms with van der Waals surface area (Å²) in [6, 6.07) is 9.87. The van der Waals surface area contributed by atoms with Crippen molar-refractivity contribution in [1.82, 2.24) is 9.38 Å². The zero-order valence-corrected chi connectivity index (χ0v) is 12.1. The summed E-state index contributed by atoms with van der Waals surface area (Å²) >= 11 is 3.51. The number of hydrogen-bond donors (Lipinski definition) is 0. The van der Waals surface area contributed by atoms with Crippen LogP contribution in [0.25, 0.3) is 16.9 Å². The Kier molecular flexibility index (Phi) is 2.67. The first kappa shape index (κ1) is 11.8. The van der Waals surface area contributed by atoms with Crippen molar-refractivity contribution in [3.05, 3.63) is 47.2 Å². The van der Waals surface area contributed by atoms with E-state index in [9.17, 15) is 0 Å². The van der Waals surface area contributed by atoms with E-state index in [1.54, 1.807) is 0 Å². The van der Waals surface area contributed by atoms with E-state index in [1.165, 1.54) is 0 Å². The molecule has 0 bridgehead atoms. The van der Waals surface area contributed by atoms with Gasteiger partial charge in [-0.15, -0.1) is 0 Å². The van der Waals surface area contributed by atoms with Gasteiger partial charge >= 0.3 is 0 Å². The average molecular weight is 331 g/mol. The van der Waals surface area contributed by atoms with Crippen LogP contribution in [0, 0.1) is 0 Å². The molecule has 0 fully saturated rings. The molecule has 1 aliphatic rings. The van der Waals surface area contributed by atoms with Crippen molar-refractivity contribution in [3.63, 3.8) is 0 Å². The summed E-state index contributed by atoms with van der Waals surface area (Å²) in [4.78, 5) is 4.65. The number of benzene rings is 1. The van der Waals surface area contributed by atoms with Gasteiger partial charge in [-0.2, -0.15) is 0 Å². The first-order valence-corrected chi connectivity index (χ1v) is 7.14. The lowest BCUT2D eigenvalue weighted by atomic mass is 10.1. The minimum Gasteiger partial charge on any atom is -0.486 e. The number of halogens is 1. The smallest absolute Gasteiger partial charge is 0.162 e. The Balaban J connectivity index is 1.84. The van der Waals surface area contributed by atoms with Crippen molar-refractivity contribution in [2.24, 2.45) is 0 Å². The maximum atomic E-state index is 5.61. The fourth-order valence-corrected chi connectivity index (χ4v) is 2.77. The van der Waals surface area contributed by atoms with Crippen LogP contribution in [0.5, 0.6) is 11.5 Å². The molecule has 0 N–H and O–H groups in total. The largest absolute Gasteiger partial charge is 0.486 e. The molecule has 0 unspecified atom stereocenters. The van der Waals surface area contributed by atoms with Crippen LogP contribution in [-0.2, 0) is 0 Å². The van der Waals surface area contributed by atoms with E-state index in [0.29, 0.717) is 13.2 Å². The second-order valence-electron chi connectivity index (χ2n) is 4.57. The van der Waals surface area contributed by atoms with Crippen LogP contribution in [0.4, 0.5) is 0 Å². The lowest BCUT2D eigenvalue weighted by molar-refractivity contribution is 0.171. The highest BCUT2D eigenvalue weighted by Gasteiger charge is 2.14. The SMILES string of the molecule is Brc1cccn2cc(-c3ccc4c(c3)OCCO4)nc12. The van der Waals surface area contributed by atoms with Gasteiger partial charge in [0.05, 0.1) is 10.2 Å². The van der Waals surface area contributed by atoms with E-state index in [0.717, 1.165) is 32.9 Å². The topological polar surface area (TPSA) is 35.8 Å². The number of pyridine rings is 1. The quantitative estimate of drug-likeness (QED) is 0.684. The van der Waals surface area contributed by atoms with Crippen LogP contribution < -0.4 is 9.47 Å². The fraction of sp³-hybridized carbons (Fsp3) is 0.133. The molecule has 100 valence electrons. The lowest BCUT2D eigenvalue weighted by Crippen LogP contribution is -2.15. The molecule has 20 heavy (non-hydrogen) atoms. The van der Waals surface area contributed by atoms with Gasteiger partial charge < -0.3 is 13.9 Å². The Morgan fingerprint density at radius 2 is 1.95 bits per heavy atom. The van der Waals surface area contributed by atoms with Crippen molar-refractivity contribution in [1.29, 1.82) is 0 Å². The van der Waals surface area contributed by atoms with Crippen molar-refractivity contribution < 1.29 is 9.47 Å². The van der Waals surface area contributed by atoms with Gasteiger partial charge in [-0.25, -0.2) is 4.98 Å². The Labute approximate surface area is 124 Å². The van der Waals surface area contributed by atoms with E-state index in [2.05, 4.69) is 20.9 Å². The third-order valence-electron chi connectivity index (χ3n) is 3.27. The van der Waals surface area contributed by atoms with E-state index in [1.807, 2.05) is 47.1 Å². The fourth-order valence-electron chi connectivity index (χ4n) is 2.32. The Morgan fingerprint density at radius 1 is 1.10 bits per heavy atom. The van der Waals surface area contributed by atoms with Crippen LogP contribution in [-0.4, -0.2) is 22.6 Å². The number of ether oxygens (including phenoxy) is 2. The van der Waals surface area contributed by atoms with Crippen molar-refractivity contribution in [3.8, 4) is 22.8 Å². The minimum absolute atomic E-state index is 0.590. The number of fused-ring (bicyclic) bond motifs is 2. The highest BCUT2D eigenvalue weighted by molar-refractivity contribution is 9.10. The zero-order valence-electron chi connectivity index (χ0n) is 10.5. The van der Waals surface area contributed by atoms with Gasteiger partial charge in [0.25, 0.3) is 0 Å². The molecule has 4 nitrogen and oxygen atoms in total. The summed E-state index contributed by atoms with van der Waals surface area (Å²) < 4.78 is 14.1. The molecule has 1 aliphatic heterocycles. The Hall–Kier alpha value is -2.01. The van der Waals surface area contributed by atoms with Gasteiger partial charge in [-0.3, -0.25) is 0 Å². The molecular formula is C15H11BrN2O2. The van der Waals surface area contributed by atoms with E-state index in [-0.39, 0.29) is 0 Å². The highest BCUT2D eigenvalue weighted by Crippen LogP contribution is 2.34. The number of rotatable bonds is 1. The Bertz CT molecular complexity index is 798. The lowest BCUT2D eigenvalue weighted by Gasteiger charge is -2.18. The number of aromatic nitrogens is 2. The second-order valence-corrected chi connectivity index (χ2v) is 5.43. The van der Waals surface area contributed by atoms with E-state index >= 15 is 0 Å². The molecule has 0 saturated heterocycles. The normalized spacial score (nSPS) is 13.7. The molecule has 0 aliphatic carbocycles. The molecular weight excluding hydrogens is 320 g/mol. The molecule has 5 heteroatoms. The van der Waals surface area contributed by atoms with Crippen LogP contribution in [0.1, 0.15) is 0 Å². The molecule has 0 amide bonds. The molecule has 0 atom stereocenters. The monoisotopic (exact) mass is 330 g/mol. The van der Waals surface area contributed by atoms with Gasteiger partial charge in [-0.1, -0.05) is 0 Å². The van der Waals surface area contributed by atoms with Gasteiger partial charge in [0.1, 0.15) is 13.2 Å². The van der Waals surface area contributed by atoms with Gasteiger partial charge in [0.2, 0.25) is 0 Å². The number of nitrogens with zero attached hydrogens (tertiary/aromatic N) is 2. The maximum Gasteiger partial charge on any atom is 0.162 e. The highest BCUT2D eigenvalue weighted by atomic mass is 79.9. The predicted molar refractivity (Wildman–Crippen MR) is 79.3 cm³/mol. The minimum atomic E-state index is 0.590. The van der Waals surface area contributed by atoms with E-state index < -0.39 is 0 Å². The predicted octanol–water partition coefficient (Wildman–Crippen LogP) is 3.54. The summed E-state index contributed by atoms with van der Waals surface area (Å²) in [6.07, 6.45) is 3.99. The zero-order chi connectivity index (χ0) is 13.5. The second kappa shape index (κ2) is 4.52. The summed E-state index contributed by atoms with van der Waals surface area (Å²) in [7, 11) is 0. The third kappa shape index (κ3) is 1.86. The molecule has 3 aromatic rings. The van der Waals surface area contributed by atoms with Crippen LogP contribution in [0.3, 0.4) is 0 Å². The Morgan fingerprint density at radius 3 is 2.80 bits per heavy atom. The summed E-state index contributed by atoms with van der Waals surface area (Å²) in [5.41, 5.74) is 2.83. The van der Waals surface area contributed by atoms with Crippen molar-refractivity contribution >= 4 is 21.6 Å². The molecule has 0 saturated carbocycles. The molecule has 2 aromatic heterocycles. The van der Waals surface area contributed by atoms with Crippen LogP contribution in [0.2, 0.25) is 0 Å². The summed E-state index contributed by atoms with van der Waals surface area (Å²) in [5.74, 6) is 1.58. The summed E-state index contributed by atoms with van der Waals surface area (Å²) in [6.45, 7) is 1.20. The average Bonchev–Trinajstić information content (AvgIpc) is 2.92. The molecule has 0 radical (unpaired) electrons. The number of hydrogen-bond acceptors (Lipinski definition) is 3. The molecule has 4 rings (SSSR count). The standard InChI is InChI=1S/C15H11BrN2O2/c16-11-2-1-5-18-9-12(17-15(11)18)10-3-4-13-14(8-10)20-7-6-19-13/h1-5,8-9H,6-7H2. The van der Waals surface area contributed by atoms with E-state index in [4.69, 9.17) is 9.47 Å². The van der Waals surface area contributed by atoms with Crippen LogP contribution >= 0.6 is 15.9 Å². The van der Waals surface area contributed by atoms with Crippen molar-refractivity contribution in [2.75, 3.05) is 13.2 Å². The molecule has 3 heterocycles. The summed E-state index contributed by atoms with van der Waals surface area (Å²) in [5, 5.41) is 0. The first-order valence-electron chi connectivity index (χ1n) is 6.34. The van der Waals surface area contributed by atoms with Crippen LogP contribution in [0.15, 0.2) is 47.2 Å². The number of imidazole rings is 1. The maximum absolute atomic E-state index is 5.61.